The Morgan fingerprint density at radius 1 is 1.10 bits per heavy atom. The first-order valence-corrected chi connectivity index (χ1v) is 10.4. The van der Waals surface area contributed by atoms with Crippen molar-refractivity contribution in [2.75, 3.05) is 6.54 Å². The van der Waals surface area contributed by atoms with Crippen LogP contribution in [-0.2, 0) is 28.9 Å². The van der Waals surface area contributed by atoms with E-state index in [-0.39, 0.29) is 5.91 Å². The minimum atomic E-state index is -0.848. The Balaban J connectivity index is 1.56. The van der Waals surface area contributed by atoms with Crippen LogP contribution < -0.4 is 0 Å². The number of para-hydroxylation sites is 1. The highest BCUT2D eigenvalue weighted by molar-refractivity contribution is 6.05. The molecule has 0 radical (unpaired) electrons. The van der Waals surface area contributed by atoms with E-state index in [9.17, 15) is 9.59 Å². The van der Waals surface area contributed by atoms with Crippen LogP contribution in [0.15, 0.2) is 48.5 Å². The average Bonchev–Trinajstić information content (AvgIpc) is 2.77. The van der Waals surface area contributed by atoms with E-state index < -0.39 is 12.1 Å². The number of esters is 1. The summed E-state index contributed by atoms with van der Waals surface area (Å²) < 4.78 is 5.67. The highest BCUT2D eigenvalue weighted by Gasteiger charge is 2.28. The number of aromatic nitrogens is 1. The number of fused-ring (bicyclic) bond motifs is 2. The molecule has 0 spiro atoms. The van der Waals surface area contributed by atoms with Crippen LogP contribution in [0.3, 0.4) is 0 Å². The third-order valence-electron chi connectivity index (χ3n) is 5.85. The summed E-state index contributed by atoms with van der Waals surface area (Å²) in [5.74, 6) is -0.636. The molecule has 0 fully saturated rings. The molecule has 1 aliphatic heterocycles. The number of ether oxygens (including phenoxy) is 1. The Kier molecular flexibility index (Phi) is 5.53. The van der Waals surface area contributed by atoms with Gasteiger partial charge in [0.1, 0.15) is 0 Å². The van der Waals surface area contributed by atoms with E-state index in [1.54, 1.807) is 11.8 Å². The predicted octanol–water partition coefficient (Wildman–Crippen LogP) is 4.24. The lowest BCUT2D eigenvalue weighted by Gasteiger charge is -2.30. The molecule has 2 aromatic carbocycles. The molecule has 0 bridgehead atoms. The van der Waals surface area contributed by atoms with Crippen molar-refractivity contribution in [1.29, 1.82) is 0 Å². The van der Waals surface area contributed by atoms with E-state index in [1.165, 1.54) is 5.56 Å². The summed E-state index contributed by atoms with van der Waals surface area (Å²) in [7, 11) is 0. The van der Waals surface area contributed by atoms with E-state index in [0.717, 1.165) is 40.6 Å². The standard InChI is InChI=1S/C25H26N2O3/c1-4-21-16(2)23(20-11-7-8-12-22(20)26-21)25(29)30-17(3)24(28)27-14-13-18-9-5-6-10-19(18)15-27/h5-12,17H,4,13-15H2,1-3H3/t17-/m1/s1. The molecule has 5 heteroatoms. The van der Waals surface area contributed by atoms with Crippen LogP contribution in [0.4, 0.5) is 0 Å². The lowest BCUT2D eigenvalue weighted by Crippen LogP contribution is -2.42. The Bertz CT molecular complexity index is 1120. The number of aryl methyl sites for hydroxylation is 1. The summed E-state index contributed by atoms with van der Waals surface area (Å²) in [5.41, 5.74) is 5.37. The second-order valence-electron chi connectivity index (χ2n) is 7.76. The average molecular weight is 402 g/mol. The van der Waals surface area contributed by atoms with Crippen molar-refractivity contribution in [3.63, 3.8) is 0 Å². The first-order chi connectivity index (χ1) is 14.5. The van der Waals surface area contributed by atoms with Gasteiger partial charge in [0, 0.05) is 24.2 Å². The van der Waals surface area contributed by atoms with E-state index in [2.05, 4.69) is 11.1 Å². The van der Waals surface area contributed by atoms with Crippen molar-refractivity contribution in [3.05, 3.63) is 76.5 Å². The van der Waals surface area contributed by atoms with Gasteiger partial charge in [-0.1, -0.05) is 49.4 Å². The van der Waals surface area contributed by atoms with Gasteiger partial charge in [0.25, 0.3) is 5.91 Å². The number of amides is 1. The molecule has 1 aromatic heterocycles. The monoisotopic (exact) mass is 402 g/mol. The molecule has 0 aliphatic carbocycles. The smallest absolute Gasteiger partial charge is 0.339 e. The maximum absolute atomic E-state index is 13.1. The molecule has 0 saturated carbocycles. The van der Waals surface area contributed by atoms with Crippen LogP contribution >= 0.6 is 0 Å². The highest BCUT2D eigenvalue weighted by Crippen LogP contribution is 2.25. The molecule has 0 saturated heterocycles. The summed E-state index contributed by atoms with van der Waals surface area (Å²) in [6.07, 6.45) is 0.689. The Morgan fingerprint density at radius 2 is 1.80 bits per heavy atom. The Hall–Kier alpha value is -3.21. The number of carbonyl (C=O) groups excluding carboxylic acids is 2. The molecule has 0 N–H and O–H groups in total. The minimum Gasteiger partial charge on any atom is -0.449 e. The fourth-order valence-electron chi connectivity index (χ4n) is 4.18. The van der Waals surface area contributed by atoms with Crippen molar-refractivity contribution in [2.45, 2.75) is 46.3 Å². The second kappa shape index (κ2) is 8.27. The van der Waals surface area contributed by atoms with E-state index in [1.807, 2.05) is 56.3 Å². The predicted molar refractivity (Wildman–Crippen MR) is 116 cm³/mol. The van der Waals surface area contributed by atoms with Gasteiger partial charge in [-0.15, -0.1) is 0 Å². The largest absolute Gasteiger partial charge is 0.449 e. The molecule has 30 heavy (non-hydrogen) atoms. The molecule has 3 aromatic rings. The molecule has 1 amide bonds. The van der Waals surface area contributed by atoms with Gasteiger partial charge in [-0.3, -0.25) is 9.78 Å². The van der Waals surface area contributed by atoms with E-state index >= 15 is 0 Å². The number of nitrogens with zero attached hydrogens (tertiary/aromatic N) is 2. The normalized spacial score (nSPS) is 14.3. The van der Waals surface area contributed by atoms with Crippen LogP contribution in [0, 0.1) is 6.92 Å². The number of rotatable bonds is 4. The third-order valence-corrected chi connectivity index (χ3v) is 5.85. The van der Waals surface area contributed by atoms with E-state index in [0.29, 0.717) is 18.7 Å². The molecule has 4 rings (SSSR count). The SMILES string of the molecule is CCc1nc2ccccc2c(C(=O)O[C@H](C)C(=O)N2CCc3ccccc3C2)c1C. The summed E-state index contributed by atoms with van der Waals surface area (Å²) in [5, 5.41) is 0.753. The van der Waals surface area contributed by atoms with Crippen LogP contribution in [-0.4, -0.2) is 34.4 Å². The summed E-state index contributed by atoms with van der Waals surface area (Å²) in [4.78, 5) is 32.5. The van der Waals surface area contributed by atoms with Gasteiger partial charge in [-0.05, 0) is 49.4 Å². The van der Waals surface area contributed by atoms with Crippen molar-refractivity contribution < 1.29 is 14.3 Å². The molecular weight excluding hydrogens is 376 g/mol. The van der Waals surface area contributed by atoms with Gasteiger partial charge in [0.05, 0.1) is 11.1 Å². The lowest BCUT2D eigenvalue weighted by atomic mass is 9.99. The minimum absolute atomic E-state index is 0.162. The zero-order chi connectivity index (χ0) is 21.3. The Morgan fingerprint density at radius 3 is 2.57 bits per heavy atom. The Labute approximate surface area is 176 Å². The van der Waals surface area contributed by atoms with Gasteiger partial charge in [0.15, 0.2) is 6.10 Å². The van der Waals surface area contributed by atoms with Crippen molar-refractivity contribution in [3.8, 4) is 0 Å². The van der Waals surface area contributed by atoms with Crippen LogP contribution in [0.25, 0.3) is 10.9 Å². The third kappa shape index (κ3) is 3.67. The van der Waals surface area contributed by atoms with Gasteiger partial charge < -0.3 is 9.64 Å². The number of hydrogen-bond acceptors (Lipinski definition) is 4. The van der Waals surface area contributed by atoms with Crippen molar-refractivity contribution in [1.82, 2.24) is 9.88 Å². The van der Waals surface area contributed by atoms with Crippen molar-refractivity contribution in [2.24, 2.45) is 0 Å². The fourth-order valence-corrected chi connectivity index (χ4v) is 4.18. The maximum Gasteiger partial charge on any atom is 0.339 e. The van der Waals surface area contributed by atoms with Gasteiger partial charge in [0.2, 0.25) is 0 Å². The second-order valence-corrected chi connectivity index (χ2v) is 7.76. The van der Waals surface area contributed by atoms with E-state index in [4.69, 9.17) is 4.74 Å². The number of hydrogen-bond donors (Lipinski definition) is 0. The zero-order valence-electron chi connectivity index (χ0n) is 17.6. The lowest BCUT2D eigenvalue weighted by molar-refractivity contribution is -0.140. The zero-order valence-corrected chi connectivity index (χ0v) is 17.6. The van der Waals surface area contributed by atoms with Gasteiger partial charge >= 0.3 is 5.97 Å². The van der Waals surface area contributed by atoms with Crippen molar-refractivity contribution >= 4 is 22.8 Å². The molecule has 2 heterocycles. The quantitative estimate of drug-likeness (QED) is 0.613. The molecule has 5 nitrogen and oxygen atoms in total. The van der Waals surface area contributed by atoms with Crippen LogP contribution in [0.2, 0.25) is 0 Å². The molecule has 1 aliphatic rings. The van der Waals surface area contributed by atoms with Gasteiger partial charge in [-0.2, -0.15) is 0 Å². The summed E-state index contributed by atoms with van der Waals surface area (Å²) in [6, 6.07) is 15.7. The summed E-state index contributed by atoms with van der Waals surface area (Å²) in [6.45, 7) is 6.74. The number of pyridine rings is 1. The molecular formula is C25H26N2O3. The molecule has 154 valence electrons. The topological polar surface area (TPSA) is 59.5 Å². The van der Waals surface area contributed by atoms with Crippen LogP contribution in [0.1, 0.15) is 46.6 Å². The fraction of sp³-hybridized carbons (Fsp3) is 0.320. The number of carbonyl (C=O) groups is 2. The first-order valence-electron chi connectivity index (χ1n) is 10.4. The molecule has 1 atom stereocenters. The summed E-state index contributed by atoms with van der Waals surface area (Å²) >= 11 is 0. The van der Waals surface area contributed by atoms with Gasteiger partial charge in [-0.25, -0.2) is 4.79 Å². The highest BCUT2D eigenvalue weighted by atomic mass is 16.5. The van der Waals surface area contributed by atoms with Crippen LogP contribution in [0.5, 0.6) is 0 Å². The first kappa shape index (κ1) is 20.1. The molecule has 0 unspecified atom stereocenters. The number of benzene rings is 2. The maximum atomic E-state index is 13.1.